The normalized spacial score (nSPS) is 10.3. The van der Waals surface area contributed by atoms with Crippen LogP contribution in [-0.4, -0.2) is 17.5 Å². The molecule has 7 heteroatoms. The highest BCUT2D eigenvalue weighted by atomic mass is 79.9. The minimum Gasteiger partial charge on any atom is -0.492 e. The summed E-state index contributed by atoms with van der Waals surface area (Å²) in [6, 6.07) is 5.42. The number of halogens is 3. The Kier molecular flexibility index (Phi) is 5.14. The Morgan fingerprint density at radius 3 is 2.95 bits per heavy atom. The van der Waals surface area contributed by atoms with Crippen LogP contribution in [0.4, 0.5) is 10.1 Å². The maximum absolute atomic E-state index is 13.2. The van der Waals surface area contributed by atoms with E-state index in [1.807, 2.05) is 0 Å². The predicted molar refractivity (Wildman–Crippen MR) is 82.5 cm³/mol. The lowest BCUT2D eigenvalue weighted by Crippen LogP contribution is -2.14. The summed E-state index contributed by atoms with van der Waals surface area (Å²) in [5.41, 5.74) is 0.567. The topological polar surface area (TPSA) is 51.2 Å². The number of rotatable bonds is 4. The van der Waals surface area contributed by atoms with Crippen molar-refractivity contribution >= 4 is 39.1 Å². The second-order valence-corrected chi connectivity index (χ2v) is 5.29. The Bertz CT molecular complexity index is 682. The van der Waals surface area contributed by atoms with Crippen LogP contribution in [0.3, 0.4) is 0 Å². The number of anilines is 1. The van der Waals surface area contributed by atoms with E-state index in [9.17, 15) is 9.18 Å². The van der Waals surface area contributed by atoms with Gasteiger partial charge < -0.3 is 10.1 Å². The third-order valence-corrected chi connectivity index (χ3v) is 3.28. The molecule has 1 heterocycles. The van der Waals surface area contributed by atoms with Crippen molar-refractivity contribution in [2.75, 3.05) is 11.9 Å². The standard InChI is InChI=1S/C14H11BrClFN2O2/c1-2-21-12-6-9(17)3-4-11(12)19-14(20)10-5-8(15)7-18-13(10)16/h3-7H,2H2,1H3,(H,19,20). The van der Waals surface area contributed by atoms with Gasteiger partial charge in [0.05, 0.1) is 17.9 Å². The number of ether oxygens (including phenoxy) is 1. The van der Waals surface area contributed by atoms with Gasteiger partial charge in [0.2, 0.25) is 0 Å². The van der Waals surface area contributed by atoms with E-state index in [-0.39, 0.29) is 16.5 Å². The Morgan fingerprint density at radius 2 is 2.24 bits per heavy atom. The summed E-state index contributed by atoms with van der Waals surface area (Å²) in [7, 11) is 0. The Hall–Kier alpha value is -1.66. The second-order valence-electron chi connectivity index (χ2n) is 4.02. The third kappa shape index (κ3) is 3.92. The predicted octanol–water partition coefficient (Wildman–Crippen LogP) is 4.29. The monoisotopic (exact) mass is 372 g/mol. The molecule has 1 aromatic heterocycles. The number of hydrogen-bond donors (Lipinski definition) is 1. The van der Waals surface area contributed by atoms with Gasteiger partial charge in [0.15, 0.2) is 0 Å². The van der Waals surface area contributed by atoms with Crippen LogP contribution in [0.1, 0.15) is 17.3 Å². The van der Waals surface area contributed by atoms with Crippen LogP contribution in [-0.2, 0) is 0 Å². The van der Waals surface area contributed by atoms with Gasteiger partial charge >= 0.3 is 0 Å². The van der Waals surface area contributed by atoms with Gasteiger partial charge in [-0.25, -0.2) is 9.37 Å². The summed E-state index contributed by atoms with van der Waals surface area (Å²) in [5.74, 6) is -0.648. The van der Waals surface area contributed by atoms with Crippen LogP contribution in [0.15, 0.2) is 34.9 Å². The number of aromatic nitrogens is 1. The van der Waals surface area contributed by atoms with Crippen molar-refractivity contribution in [1.29, 1.82) is 0 Å². The molecule has 0 radical (unpaired) electrons. The lowest BCUT2D eigenvalue weighted by Gasteiger charge is -2.12. The number of benzene rings is 1. The summed E-state index contributed by atoms with van der Waals surface area (Å²) in [4.78, 5) is 16.1. The molecule has 0 atom stereocenters. The quantitative estimate of drug-likeness (QED) is 0.814. The molecule has 0 unspecified atom stereocenters. The van der Waals surface area contributed by atoms with Crippen molar-refractivity contribution in [2.24, 2.45) is 0 Å². The van der Waals surface area contributed by atoms with Crippen LogP contribution in [0.5, 0.6) is 5.75 Å². The molecule has 1 N–H and O–H groups in total. The van der Waals surface area contributed by atoms with Gasteiger partial charge in [-0.3, -0.25) is 4.79 Å². The van der Waals surface area contributed by atoms with E-state index >= 15 is 0 Å². The average Bonchev–Trinajstić information content (AvgIpc) is 2.44. The van der Waals surface area contributed by atoms with Crippen molar-refractivity contribution in [3.63, 3.8) is 0 Å². The summed E-state index contributed by atoms with van der Waals surface area (Å²) in [6.07, 6.45) is 1.49. The zero-order valence-electron chi connectivity index (χ0n) is 11.0. The molecule has 110 valence electrons. The first-order valence-electron chi connectivity index (χ1n) is 6.06. The molecular formula is C14H11BrClFN2O2. The van der Waals surface area contributed by atoms with Crippen molar-refractivity contribution in [3.05, 3.63) is 51.5 Å². The van der Waals surface area contributed by atoms with E-state index in [0.29, 0.717) is 16.8 Å². The number of amides is 1. The summed E-state index contributed by atoms with van der Waals surface area (Å²) in [6.45, 7) is 2.12. The largest absolute Gasteiger partial charge is 0.492 e. The fraction of sp³-hybridized carbons (Fsp3) is 0.143. The van der Waals surface area contributed by atoms with Gasteiger partial charge in [-0.2, -0.15) is 0 Å². The Labute approximate surface area is 134 Å². The molecule has 4 nitrogen and oxygen atoms in total. The number of nitrogens with zero attached hydrogens (tertiary/aromatic N) is 1. The summed E-state index contributed by atoms with van der Waals surface area (Å²) < 4.78 is 19.1. The molecule has 2 aromatic rings. The van der Waals surface area contributed by atoms with E-state index in [1.165, 1.54) is 24.4 Å². The summed E-state index contributed by atoms with van der Waals surface area (Å²) in [5, 5.41) is 2.71. The van der Waals surface area contributed by atoms with Gasteiger partial charge in [-0.05, 0) is 41.1 Å². The zero-order valence-corrected chi connectivity index (χ0v) is 13.3. The molecule has 0 spiro atoms. The highest BCUT2D eigenvalue weighted by Gasteiger charge is 2.15. The minimum absolute atomic E-state index is 0.0794. The van der Waals surface area contributed by atoms with Crippen LogP contribution in [0.2, 0.25) is 5.15 Å². The Balaban J connectivity index is 2.29. The molecule has 1 aromatic carbocycles. The number of carbonyl (C=O) groups excluding carboxylic acids is 1. The van der Waals surface area contributed by atoms with E-state index in [0.717, 1.165) is 0 Å². The molecule has 1 amide bonds. The third-order valence-electron chi connectivity index (χ3n) is 2.54. The van der Waals surface area contributed by atoms with Crippen LogP contribution in [0.25, 0.3) is 0 Å². The van der Waals surface area contributed by atoms with E-state index in [1.54, 1.807) is 13.0 Å². The fourth-order valence-electron chi connectivity index (χ4n) is 1.65. The van der Waals surface area contributed by atoms with E-state index in [4.69, 9.17) is 16.3 Å². The molecular weight excluding hydrogens is 363 g/mol. The highest BCUT2D eigenvalue weighted by Crippen LogP contribution is 2.27. The number of hydrogen-bond acceptors (Lipinski definition) is 3. The molecule has 0 saturated carbocycles. The van der Waals surface area contributed by atoms with Crippen LogP contribution >= 0.6 is 27.5 Å². The smallest absolute Gasteiger partial charge is 0.258 e. The van der Waals surface area contributed by atoms with Crippen molar-refractivity contribution in [1.82, 2.24) is 4.98 Å². The molecule has 21 heavy (non-hydrogen) atoms. The molecule has 0 bridgehead atoms. The van der Waals surface area contributed by atoms with Gasteiger partial charge in [0.25, 0.3) is 5.91 Å². The second kappa shape index (κ2) is 6.87. The number of nitrogens with one attached hydrogen (secondary N) is 1. The van der Waals surface area contributed by atoms with Gasteiger partial charge in [-0.1, -0.05) is 11.6 Å². The molecule has 0 aliphatic heterocycles. The maximum Gasteiger partial charge on any atom is 0.258 e. The van der Waals surface area contributed by atoms with Crippen LogP contribution < -0.4 is 10.1 Å². The molecule has 0 aliphatic rings. The van der Waals surface area contributed by atoms with E-state index in [2.05, 4.69) is 26.2 Å². The molecule has 0 fully saturated rings. The zero-order chi connectivity index (χ0) is 15.4. The van der Waals surface area contributed by atoms with Crippen molar-refractivity contribution in [2.45, 2.75) is 6.92 Å². The van der Waals surface area contributed by atoms with Gasteiger partial charge in [0, 0.05) is 16.7 Å². The lowest BCUT2D eigenvalue weighted by atomic mass is 10.2. The lowest BCUT2D eigenvalue weighted by molar-refractivity contribution is 0.102. The maximum atomic E-state index is 13.2. The SMILES string of the molecule is CCOc1cc(F)ccc1NC(=O)c1cc(Br)cnc1Cl. The minimum atomic E-state index is -0.457. The molecule has 0 aliphatic carbocycles. The van der Waals surface area contributed by atoms with Crippen LogP contribution in [0, 0.1) is 5.82 Å². The number of carbonyl (C=O) groups is 1. The summed E-state index contributed by atoms with van der Waals surface area (Å²) >= 11 is 9.12. The first-order chi connectivity index (χ1) is 10.0. The van der Waals surface area contributed by atoms with Gasteiger partial charge in [-0.15, -0.1) is 0 Å². The number of pyridine rings is 1. The molecule has 0 saturated heterocycles. The highest BCUT2D eigenvalue weighted by molar-refractivity contribution is 9.10. The first-order valence-corrected chi connectivity index (χ1v) is 7.23. The molecule has 2 rings (SSSR count). The van der Waals surface area contributed by atoms with E-state index < -0.39 is 11.7 Å². The van der Waals surface area contributed by atoms with Gasteiger partial charge in [0.1, 0.15) is 16.7 Å². The Morgan fingerprint density at radius 1 is 1.48 bits per heavy atom. The van der Waals surface area contributed by atoms with Crippen molar-refractivity contribution < 1.29 is 13.9 Å². The van der Waals surface area contributed by atoms with Crippen molar-refractivity contribution in [3.8, 4) is 5.75 Å². The fourth-order valence-corrected chi connectivity index (χ4v) is 2.17. The first kappa shape index (κ1) is 15.7. The average molecular weight is 374 g/mol.